The van der Waals surface area contributed by atoms with Crippen LogP contribution >= 0.6 is 23.1 Å². The first kappa shape index (κ1) is 20.7. The second-order valence-corrected chi connectivity index (χ2v) is 8.96. The Hall–Kier alpha value is -2.06. The monoisotopic (exact) mass is 419 g/mol. The molecule has 0 amide bonds. The summed E-state index contributed by atoms with van der Waals surface area (Å²) in [5.41, 5.74) is 1.36. The third-order valence-corrected chi connectivity index (χ3v) is 6.24. The van der Waals surface area contributed by atoms with E-state index < -0.39 is 11.9 Å². The standard InChI is InChI=1S/C20H25N3O3S2/c1-5-6-9-28-20-22-17-16(18(24)23-20)15(13-8-7-10-27-13)14(12(4)21-17)19(25)26-11(2)3/h7-8,10-11,15H,5-6,9H2,1-4H3,(H2,21,22,23,24)/t15-/m0/s1. The van der Waals surface area contributed by atoms with E-state index in [1.54, 1.807) is 0 Å². The number of allylic oxidation sites excluding steroid dienone is 1. The maximum atomic E-state index is 13.0. The number of hydrogen-bond acceptors (Lipinski definition) is 7. The molecule has 3 heterocycles. The Morgan fingerprint density at radius 1 is 1.43 bits per heavy atom. The molecule has 2 aromatic rings. The summed E-state index contributed by atoms with van der Waals surface area (Å²) in [5.74, 6) is 0.505. The van der Waals surface area contributed by atoms with Crippen LogP contribution in [0.5, 0.6) is 0 Å². The van der Waals surface area contributed by atoms with E-state index in [-0.39, 0.29) is 11.7 Å². The summed E-state index contributed by atoms with van der Waals surface area (Å²) in [6, 6.07) is 3.85. The number of carbonyl (C=O) groups excluding carboxylic acids is 1. The fourth-order valence-corrected chi connectivity index (χ4v) is 4.89. The lowest BCUT2D eigenvalue weighted by Gasteiger charge is -2.28. The van der Waals surface area contributed by atoms with E-state index in [0.29, 0.717) is 27.8 Å². The van der Waals surface area contributed by atoms with Gasteiger partial charge < -0.3 is 15.0 Å². The number of esters is 1. The van der Waals surface area contributed by atoms with Crippen LogP contribution in [0.4, 0.5) is 5.82 Å². The van der Waals surface area contributed by atoms with Crippen molar-refractivity contribution in [1.82, 2.24) is 9.97 Å². The molecule has 0 radical (unpaired) electrons. The normalized spacial score (nSPS) is 16.1. The highest BCUT2D eigenvalue weighted by Crippen LogP contribution is 2.41. The van der Waals surface area contributed by atoms with Crippen LogP contribution in [0.1, 0.15) is 56.9 Å². The number of thiophene rings is 1. The van der Waals surface area contributed by atoms with Gasteiger partial charge in [-0.15, -0.1) is 11.3 Å². The molecule has 0 aromatic carbocycles. The van der Waals surface area contributed by atoms with Gasteiger partial charge in [-0.2, -0.15) is 0 Å². The zero-order chi connectivity index (χ0) is 20.3. The van der Waals surface area contributed by atoms with Crippen LogP contribution in [0.15, 0.2) is 38.7 Å². The third kappa shape index (κ3) is 4.33. The fraction of sp³-hybridized carbons (Fsp3) is 0.450. The minimum absolute atomic E-state index is 0.225. The average Bonchev–Trinajstić information content (AvgIpc) is 3.14. The smallest absolute Gasteiger partial charge is 0.337 e. The van der Waals surface area contributed by atoms with Gasteiger partial charge in [-0.05, 0) is 38.6 Å². The maximum absolute atomic E-state index is 13.0. The molecular weight excluding hydrogens is 394 g/mol. The van der Waals surface area contributed by atoms with Gasteiger partial charge in [0, 0.05) is 16.3 Å². The fourth-order valence-electron chi connectivity index (χ4n) is 3.10. The molecule has 0 bridgehead atoms. The van der Waals surface area contributed by atoms with Crippen molar-refractivity contribution in [2.24, 2.45) is 0 Å². The van der Waals surface area contributed by atoms with Crippen molar-refractivity contribution in [2.45, 2.75) is 57.7 Å². The van der Waals surface area contributed by atoms with Crippen LogP contribution in [0.25, 0.3) is 0 Å². The Morgan fingerprint density at radius 3 is 2.86 bits per heavy atom. The van der Waals surface area contributed by atoms with Crippen LogP contribution < -0.4 is 10.9 Å². The summed E-state index contributed by atoms with van der Waals surface area (Å²) in [7, 11) is 0. The van der Waals surface area contributed by atoms with Crippen LogP contribution in [0.3, 0.4) is 0 Å². The van der Waals surface area contributed by atoms with Gasteiger partial charge in [0.2, 0.25) is 0 Å². The molecule has 6 nitrogen and oxygen atoms in total. The number of fused-ring (bicyclic) bond motifs is 1. The number of rotatable bonds is 7. The molecule has 0 fully saturated rings. The number of hydrogen-bond donors (Lipinski definition) is 2. The van der Waals surface area contributed by atoms with Crippen LogP contribution in [0.2, 0.25) is 0 Å². The molecule has 1 atom stereocenters. The molecule has 0 aliphatic carbocycles. The summed E-state index contributed by atoms with van der Waals surface area (Å²) in [6.07, 6.45) is 1.90. The summed E-state index contributed by atoms with van der Waals surface area (Å²) >= 11 is 3.05. The van der Waals surface area contributed by atoms with Crippen LogP contribution in [0, 0.1) is 0 Å². The van der Waals surface area contributed by atoms with E-state index >= 15 is 0 Å². The Bertz CT molecular complexity index is 933. The number of H-pyrrole nitrogens is 1. The molecule has 0 saturated carbocycles. The largest absolute Gasteiger partial charge is 0.460 e. The van der Waals surface area contributed by atoms with E-state index in [9.17, 15) is 9.59 Å². The van der Waals surface area contributed by atoms with E-state index in [0.717, 1.165) is 23.5 Å². The number of nitrogens with zero attached hydrogens (tertiary/aromatic N) is 1. The summed E-state index contributed by atoms with van der Waals surface area (Å²) in [4.78, 5) is 34.3. The maximum Gasteiger partial charge on any atom is 0.337 e. The molecule has 0 spiro atoms. The molecule has 150 valence electrons. The number of aromatic amines is 1. The van der Waals surface area contributed by atoms with Gasteiger partial charge in [-0.1, -0.05) is 31.2 Å². The number of unbranched alkanes of at least 4 members (excludes halogenated alkanes) is 1. The third-order valence-electron chi connectivity index (χ3n) is 4.35. The van der Waals surface area contributed by atoms with Crippen LogP contribution in [-0.2, 0) is 9.53 Å². The van der Waals surface area contributed by atoms with E-state index in [1.807, 2.05) is 38.3 Å². The van der Waals surface area contributed by atoms with Crippen molar-refractivity contribution < 1.29 is 9.53 Å². The van der Waals surface area contributed by atoms with Gasteiger partial charge in [0.15, 0.2) is 5.16 Å². The van der Waals surface area contributed by atoms with E-state index in [4.69, 9.17) is 4.74 Å². The van der Waals surface area contributed by atoms with Crippen molar-refractivity contribution in [3.05, 3.63) is 49.6 Å². The number of ether oxygens (including phenoxy) is 1. The number of carbonyl (C=O) groups is 1. The van der Waals surface area contributed by atoms with Crippen molar-refractivity contribution in [1.29, 1.82) is 0 Å². The lowest BCUT2D eigenvalue weighted by Crippen LogP contribution is -2.31. The van der Waals surface area contributed by atoms with Crippen molar-refractivity contribution in [2.75, 3.05) is 11.1 Å². The molecule has 2 N–H and O–H groups in total. The molecule has 1 aliphatic heterocycles. The zero-order valence-electron chi connectivity index (χ0n) is 16.5. The first-order valence-electron chi connectivity index (χ1n) is 9.41. The predicted molar refractivity (Wildman–Crippen MR) is 114 cm³/mol. The SMILES string of the molecule is CCCCSc1nc2c(c(=O)[nH]1)[C@@H](c1cccs1)C(C(=O)OC(C)C)=C(C)N2. The lowest BCUT2D eigenvalue weighted by molar-refractivity contribution is -0.142. The van der Waals surface area contributed by atoms with Gasteiger partial charge in [0.1, 0.15) is 5.82 Å². The predicted octanol–water partition coefficient (Wildman–Crippen LogP) is 4.51. The molecule has 3 rings (SSSR count). The van der Waals surface area contributed by atoms with Crippen molar-refractivity contribution in [3.8, 4) is 0 Å². The number of aromatic nitrogens is 2. The zero-order valence-corrected chi connectivity index (χ0v) is 18.1. The Labute approximate surface area is 172 Å². The topological polar surface area (TPSA) is 84.1 Å². The average molecular weight is 420 g/mol. The first-order chi connectivity index (χ1) is 13.4. The van der Waals surface area contributed by atoms with Gasteiger partial charge in [-0.3, -0.25) is 4.79 Å². The number of nitrogens with one attached hydrogen (secondary N) is 2. The highest BCUT2D eigenvalue weighted by molar-refractivity contribution is 7.99. The van der Waals surface area contributed by atoms with Gasteiger partial charge in [-0.25, -0.2) is 9.78 Å². The van der Waals surface area contributed by atoms with Crippen LogP contribution in [-0.4, -0.2) is 27.8 Å². The summed E-state index contributed by atoms with van der Waals surface area (Å²) in [5, 5.41) is 5.70. The minimum Gasteiger partial charge on any atom is -0.460 e. The van der Waals surface area contributed by atoms with Crippen molar-refractivity contribution >= 4 is 34.9 Å². The van der Waals surface area contributed by atoms with Gasteiger partial charge in [0.05, 0.1) is 23.2 Å². The van der Waals surface area contributed by atoms with Gasteiger partial charge >= 0.3 is 5.97 Å². The minimum atomic E-state index is -0.492. The van der Waals surface area contributed by atoms with E-state index in [2.05, 4.69) is 22.2 Å². The second-order valence-electron chi connectivity index (χ2n) is 6.90. The number of anilines is 1. The molecule has 28 heavy (non-hydrogen) atoms. The molecule has 0 saturated heterocycles. The summed E-state index contributed by atoms with van der Waals surface area (Å²) in [6.45, 7) is 7.58. The molecular formula is C20H25N3O3S2. The van der Waals surface area contributed by atoms with Gasteiger partial charge in [0.25, 0.3) is 5.56 Å². The first-order valence-corrected chi connectivity index (χ1v) is 11.3. The van der Waals surface area contributed by atoms with Crippen molar-refractivity contribution in [3.63, 3.8) is 0 Å². The second kappa shape index (κ2) is 8.96. The molecule has 2 aromatic heterocycles. The van der Waals surface area contributed by atoms with E-state index in [1.165, 1.54) is 23.1 Å². The Kier molecular flexibility index (Phi) is 6.61. The number of thioether (sulfide) groups is 1. The molecule has 0 unspecified atom stereocenters. The highest BCUT2D eigenvalue weighted by atomic mass is 32.2. The molecule has 8 heteroatoms. The quantitative estimate of drug-likeness (QED) is 0.297. The molecule has 1 aliphatic rings. The lowest BCUT2D eigenvalue weighted by atomic mass is 9.86. The summed E-state index contributed by atoms with van der Waals surface area (Å²) < 4.78 is 5.46. The highest BCUT2D eigenvalue weighted by Gasteiger charge is 2.37. The Morgan fingerprint density at radius 2 is 2.21 bits per heavy atom. The Balaban J connectivity index is 2.08.